The molecule has 1 heterocycles. The maximum atomic E-state index is 5.26. The van der Waals surface area contributed by atoms with Crippen molar-refractivity contribution >= 4 is 0 Å². The van der Waals surface area contributed by atoms with E-state index >= 15 is 0 Å². The van der Waals surface area contributed by atoms with Crippen LogP contribution >= 0.6 is 0 Å². The Morgan fingerprint density at radius 2 is 1.95 bits per heavy atom. The normalized spacial score (nSPS) is 12.2. The van der Waals surface area contributed by atoms with Crippen molar-refractivity contribution in [2.45, 2.75) is 26.4 Å². The minimum atomic E-state index is 0.300. The SMILES string of the molecule is COc1cc(C)nc(CN[C@@H](C)c2ccccc2)c1. The molecule has 0 bridgehead atoms. The Kier molecular flexibility index (Phi) is 4.53. The predicted molar refractivity (Wildman–Crippen MR) is 77.2 cm³/mol. The Morgan fingerprint density at radius 1 is 1.21 bits per heavy atom. The molecule has 2 rings (SSSR count). The molecular formula is C16H20N2O. The van der Waals surface area contributed by atoms with E-state index in [2.05, 4.69) is 41.5 Å². The van der Waals surface area contributed by atoms with Gasteiger partial charge in [-0.05, 0) is 19.4 Å². The molecule has 2 aromatic rings. The van der Waals surface area contributed by atoms with E-state index in [1.165, 1.54) is 5.56 Å². The number of hydrogen-bond donors (Lipinski definition) is 1. The number of aromatic nitrogens is 1. The summed E-state index contributed by atoms with van der Waals surface area (Å²) in [7, 11) is 1.68. The Morgan fingerprint density at radius 3 is 2.63 bits per heavy atom. The average molecular weight is 256 g/mol. The lowest BCUT2D eigenvalue weighted by atomic mass is 10.1. The highest BCUT2D eigenvalue weighted by Crippen LogP contribution is 2.15. The van der Waals surface area contributed by atoms with E-state index in [1.54, 1.807) is 7.11 Å². The second kappa shape index (κ2) is 6.34. The molecule has 0 fully saturated rings. The van der Waals surface area contributed by atoms with Gasteiger partial charge < -0.3 is 10.1 Å². The number of nitrogens with zero attached hydrogens (tertiary/aromatic N) is 1. The summed E-state index contributed by atoms with van der Waals surface area (Å²) < 4.78 is 5.26. The van der Waals surface area contributed by atoms with Crippen molar-refractivity contribution in [3.63, 3.8) is 0 Å². The third-order valence-corrected chi connectivity index (χ3v) is 3.10. The Balaban J connectivity index is 2.01. The summed E-state index contributed by atoms with van der Waals surface area (Å²) >= 11 is 0. The fourth-order valence-electron chi connectivity index (χ4n) is 2.03. The van der Waals surface area contributed by atoms with Gasteiger partial charge in [-0.25, -0.2) is 0 Å². The molecule has 0 aliphatic rings. The summed E-state index contributed by atoms with van der Waals surface area (Å²) in [5, 5.41) is 3.48. The van der Waals surface area contributed by atoms with Crippen molar-refractivity contribution in [2.24, 2.45) is 0 Å². The standard InChI is InChI=1S/C16H20N2O/c1-12-9-16(19-3)10-15(18-12)11-17-13(2)14-7-5-4-6-8-14/h4-10,13,17H,11H2,1-3H3/t13-/m0/s1. The fourth-order valence-corrected chi connectivity index (χ4v) is 2.03. The summed E-state index contributed by atoms with van der Waals surface area (Å²) in [5.74, 6) is 0.858. The smallest absolute Gasteiger partial charge is 0.122 e. The number of nitrogens with one attached hydrogen (secondary N) is 1. The van der Waals surface area contributed by atoms with Gasteiger partial charge in [0.05, 0.1) is 12.8 Å². The summed E-state index contributed by atoms with van der Waals surface area (Å²) in [4.78, 5) is 4.50. The van der Waals surface area contributed by atoms with Crippen molar-refractivity contribution in [2.75, 3.05) is 7.11 Å². The van der Waals surface area contributed by atoms with Gasteiger partial charge in [0.1, 0.15) is 5.75 Å². The van der Waals surface area contributed by atoms with Crippen LogP contribution in [0.3, 0.4) is 0 Å². The van der Waals surface area contributed by atoms with Gasteiger partial charge in [0.15, 0.2) is 0 Å². The third-order valence-electron chi connectivity index (χ3n) is 3.10. The van der Waals surface area contributed by atoms with Crippen LogP contribution in [0.1, 0.15) is 29.9 Å². The number of benzene rings is 1. The molecule has 0 saturated heterocycles. The minimum absolute atomic E-state index is 0.300. The van der Waals surface area contributed by atoms with Crippen LogP contribution < -0.4 is 10.1 Å². The number of aryl methyl sites for hydroxylation is 1. The van der Waals surface area contributed by atoms with Gasteiger partial charge >= 0.3 is 0 Å². The number of rotatable bonds is 5. The van der Waals surface area contributed by atoms with E-state index in [1.807, 2.05) is 25.1 Å². The first kappa shape index (κ1) is 13.6. The zero-order chi connectivity index (χ0) is 13.7. The van der Waals surface area contributed by atoms with Crippen LogP contribution in [0.4, 0.5) is 0 Å². The van der Waals surface area contributed by atoms with Crippen LogP contribution in [0.2, 0.25) is 0 Å². The molecule has 0 aliphatic carbocycles. The van der Waals surface area contributed by atoms with Crippen LogP contribution in [-0.2, 0) is 6.54 Å². The number of methoxy groups -OCH3 is 1. The van der Waals surface area contributed by atoms with Crippen LogP contribution in [0.25, 0.3) is 0 Å². The molecule has 0 saturated carbocycles. The highest BCUT2D eigenvalue weighted by molar-refractivity contribution is 5.27. The lowest BCUT2D eigenvalue weighted by Gasteiger charge is -2.14. The fraction of sp³-hybridized carbons (Fsp3) is 0.312. The summed E-state index contributed by atoms with van der Waals surface area (Å²) in [5.41, 5.74) is 3.25. The van der Waals surface area contributed by atoms with Crippen molar-refractivity contribution in [3.8, 4) is 5.75 Å². The molecule has 3 heteroatoms. The first-order chi connectivity index (χ1) is 9.19. The lowest BCUT2D eigenvalue weighted by molar-refractivity contribution is 0.412. The average Bonchev–Trinajstić information content (AvgIpc) is 2.45. The molecule has 0 aliphatic heterocycles. The van der Waals surface area contributed by atoms with Gasteiger partial charge in [0.25, 0.3) is 0 Å². The Hall–Kier alpha value is -1.87. The largest absolute Gasteiger partial charge is 0.497 e. The molecular weight excluding hydrogens is 236 g/mol. The molecule has 19 heavy (non-hydrogen) atoms. The lowest BCUT2D eigenvalue weighted by Crippen LogP contribution is -2.18. The van der Waals surface area contributed by atoms with Crippen LogP contribution in [0.5, 0.6) is 5.75 Å². The monoisotopic (exact) mass is 256 g/mol. The van der Waals surface area contributed by atoms with Gasteiger partial charge in [-0.3, -0.25) is 4.98 Å². The molecule has 0 unspecified atom stereocenters. The maximum absolute atomic E-state index is 5.26. The number of hydrogen-bond acceptors (Lipinski definition) is 3. The van der Waals surface area contributed by atoms with Crippen molar-refractivity contribution in [1.82, 2.24) is 10.3 Å². The molecule has 1 atom stereocenters. The second-order valence-electron chi connectivity index (χ2n) is 4.65. The quantitative estimate of drug-likeness (QED) is 0.891. The molecule has 1 aromatic carbocycles. The van der Waals surface area contributed by atoms with Crippen molar-refractivity contribution < 1.29 is 4.74 Å². The first-order valence-electron chi connectivity index (χ1n) is 6.49. The van der Waals surface area contributed by atoms with Crippen LogP contribution in [0.15, 0.2) is 42.5 Å². The number of ether oxygens (including phenoxy) is 1. The number of pyridine rings is 1. The summed E-state index contributed by atoms with van der Waals surface area (Å²) in [6, 6.07) is 14.6. The van der Waals surface area contributed by atoms with E-state index in [4.69, 9.17) is 4.74 Å². The van der Waals surface area contributed by atoms with Crippen LogP contribution in [0, 0.1) is 6.92 Å². The zero-order valence-electron chi connectivity index (χ0n) is 11.7. The molecule has 0 radical (unpaired) electrons. The van der Waals surface area contributed by atoms with Gasteiger partial charge in [-0.2, -0.15) is 0 Å². The molecule has 3 nitrogen and oxygen atoms in total. The van der Waals surface area contributed by atoms with Crippen molar-refractivity contribution in [1.29, 1.82) is 0 Å². The van der Waals surface area contributed by atoms with E-state index in [0.29, 0.717) is 6.04 Å². The van der Waals surface area contributed by atoms with Gasteiger partial charge in [-0.15, -0.1) is 0 Å². The molecule has 0 amide bonds. The van der Waals surface area contributed by atoms with E-state index < -0.39 is 0 Å². The predicted octanol–water partition coefficient (Wildman–Crippen LogP) is 3.25. The van der Waals surface area contributed by atoms with E-state index in [9.17, 15) is 0 Å². The molecule has 0 spiro atoms. The maximum Gasteiger partial charge on any atom is 0.122 e. The second-order valence-corrected chi connectivity index (χ2v) is 4.65. The topological polar surface area (TPSA) is 34.1 Å². The van der Waals surface area contributed by atoms with Gasteiger partial charge in [0, 0.05) is 30.4 Å². The zero-order valence-corrected chi connectivity index (χ0v) is 11.7. The Bertz CT molecular complexity index is 526. The van der Waals surface area contributed by atoms with Crippen molar-refractivity contribution in [3.05, 3.63) is 59.4 Å². The summed E-state index contributed by atoms with van der Waals surface area (Å²) in [6.07, 6.45) is 0. The van der Waals surface area contributed by atoms with E-state index in [0.717, 1.165) is 23.7 Å². The summed E-state index contributed by atoms with van der Waals surface area (Å²) in [6.45, 7) is 4.86. The van der Waals surface area contributed by atoms with Gasteiger partial charge in [-0.1, -0.05) is 30.3 Å². The Labute approximate surface area is 114 Å². The molecule has 100 valence electrons. The van der Waals surface area contributed by atoms with Gasteiger partial charge in [0.2, 0.25) is 0 Å². The molecule has 1 aromatic heterocycles. The minimum Gasteiger partial charge on any atom is -0.497 e. The third kappa shape index (κ3) is 3.80. The highest BCUT2D eigenvalue weighted by Gasteiger charge is 2.05. The van der Waals surface area contributed by atoms with Crippen LogP contribution in [-0.4, -0.2) is 12.1 Å². The van der Waals surface area contributed by atoms with E-state index in [-0.39, 0.29) is 0 Å². The molecule has 1 N–H and O–H groups in total. The first-order valence-corrected chi connectivity index (χ1v) is 6.49. The highest BCUT2D eigenvalue weighted by atomic mass is 16.5.